The van der Waals surface area contributed by atoms with Crippen LogP contribution in [0.5, 0.6) is 17.2 Å². The standard InChI is InChI=1S/C17H25ClN2O5/c1-17(2,10-18)16(22)20-7-6-19-15(21)11-8-12(23-3)14(25-5)13(9-11)24-4/h8-9H,6-7,10H2,1-5H3,(H,19,21)(H,20,22). The van der Waals surface area contributed by atoms with Crippen molar-refractivity contribution < 1.29 is 23.8 Å². The van der Waals surface area contributed by atoms with E-state index in [9.17, 15) is 9.59 Å². The van der Waals surface area contributed by atoms with Crippen molar-refractivity contribution in [2.24, 2.45) is 5.41 Å². The highest BCUT2D eigenvalue weighted by Crippen LogP contribution is 2.38. The molecule has 0 aromatic heterocycles. The van der Waals surface area contributed by atoms with Crippen LogP contribution in [0.25, 0.3) is 0 Å². The quantitative estimate of drug-likeness (QED) is 0.510. The largest absolute Gasteiger partial charge is 0.493 e. The average Bonchev–Trinajstić information content (AvgIpc) is 2.63. The molecule has 0 spiro atoms. The number of ether oxygens (including phenoxy) is 3. The summed E-state index contributed by atoms with van der Waals surface area (Å²) in [5.41, 5.74) is -0.288. The second-order valence-electron chi connectivity index (χ2n) is 5.94. The lowest BCUT2D eigenvalue weighted by molar-refractivity contribution is -0.128. The number of carbonyl (C=O) groups is 2. The molecule has 0 radical (unpaired) electrons. The summed E-state index contributed by atoms with van der Waals surface area (Å²) < 4.78 is 15.7. The molecule has 0 aliphatic heterocycles. The Labute approximate surface area is 153 Å². The Bertz CT molecular complexity index is 594. The number of methoxy groups -OCH3 is 3. The van der Waals surface area contributed by atoms with Crippen LogP contribution in [0.2, 0.25) is 0 Å². The number of hydrogen-bond acceptors (Lipinski definition) is 5. The molecule has 7 nitrogen and oxygen atoms in total. The normalized spacial score (nSPS) is 10.8. The van der Waals surface area contributed by atoms with Crippen LogP contribution in [0.4, 0.5) is 0 Å². The lowest BCUT2D eigenvalue weighted by atomic mass is 9.95. The zero-order valence-corrected chi connectivity index (χ0v) is 16.0. The third-order valence-corrected chi connectivity index (χ3v) is 4.24. The summed E-state index contributed by atoms with van der Waals surface area (Å²) in [5.74, 6) is 0.941. The highest BCUT2D eigenvalue weighted by molar-refractivity contribution is 6.19. The maximum atomic E-state index is 12.3. The van der Waals surface area contributed by atoms with Gasteiger partial charge in [-0.1, -0.05) is 0 Å². The Morgan fingerprint density at radius 1 is 1.00 bits per heavy atom. The van der Waals surface area contributed by atoms with Crippen LogP contribution in [-0.2, 0) is 4.79 Å². The van der Waals surface area contributed by atoms with Crippen LogP contribution in [0, 0.1) is 5.41 Å². The minimum atomic E-state index is -0.651. The van der Waals surface area contributed by atoms with E-state index in [0.717, 1.165) is 0 Å². The average molecular weight is 373 g/mol. The highest BCUT2D eigenvalue weighted by Gasteiger charge is 2.25. The van der Waals surface area contributed by atoms with Gasteiger partial charge in [-0.15, -0.1) is 11.6 Å². The summed E-state index contributed by atoms with van der Waals surface area (Å²) in [6, 6.07) is 3.12. The maximum absolute atomic E-state index is 12.3. The predicted molar refractivity (Wildman–Crippen MR) is 95.9 cm³/mol. The van der Waals surface area contributed by atoms with Crippen molar-refractivity contribution in [2.75, 3.05) is 40.3 Å². The molecule has 0 bridgehead atoms. The summed E-state index contributed by atoms with van der Waals surface area (Å²) in [4.78, 5) is 24.2. The van der Waals surface area contributed by atoms with Crippen molar-refractivity contribution in [3.63, 3.8) is 0 Å². The number of amides is 2. The molecule has 1 aromatic carbocycles. The molecule has 25 heavy (non-hydrogen) atoms. The summed E-state index contributed by atoms with van der Waals surface area (Å²) in [6.45, 7) is 4.09. The number of benzene rings is 1. The third-order valence-electron chi connectivity index (χ3n) is 3.57. The van der Waals surface area contributed by atoms with Crippen LogP contribution in [0.15, 0.2) is 12.1 Å². The monoisotopic (exact) mass is 372 g/mol. The molecule has 0 saturated heterocycles. The first-order valence-electron chi connectivity index (χ1n) is 7.73. The summed E-state index contributed by atoms with van der Waals surface area (Å²) in [5, 5.41) is 5.46. The van der Waals surface area contributed by atoms with Crippen molar-refractivity contribution in [2.45, 2.75) is 13.8 Å². The number of hydrogen-bond donors (Lipinski definition) is 2. The van der Waals surface area contributed by atoms with Gasteiger partial charge in [-0.3, -0.25) is 9.59 Å². The van der Waals surface area contributed by atoms with Crippen LogP contribution in [-0.4, -0.2) is 52.1 Å². The molecular weight excluding hydrogens is 348 g/mol. The fourth-order valence-corrected chi connectivity index (χ4v) is 2.09. The third kappa shape index (κ3) is 5.42. The van der Waals surface area contributed by atoms with Crippen LogP contribution >= 0.6 is 11.6 Å². The number of carbonyl (C=O) groups excluding carboxylic acids is 2. The van der Waals surface area contributed by atoms with E-state index in [1.165, 1.54) is 21.3 Å². The molecule has 0 heterocycles. The summed E-state index contributed by atoms with van der Waals surface area (Å²) >= 11 is 5.75. The lowest BCUT2D eigenvalue weighted by Crippen LogP contribution is -2.41. The number of nitrogens with one attached hydrogen (secondary N) is 2. The zero-order valence-electron chi connectivity index (χ0n) is 15.2. The number of rotatable bonds is 9. The fourth-order valence-electron chi connectivity index (χ4n) is 1.97. The Balaban J connectivity index is 2.68. The van der Waals surface area contributed by atoms with E-state index in [1.807, 2.05) is 0 Å². The first-order chi connectivity index (χ1) is 11.8. The predicted octanol–water partition coefficient (Wildman–Crippen LogP) is 1.82. The summed E-state index contributed by atoms with van der Waals surface area (Å²) in [6.07, 6.45) is 0. The molecule has 2 amide bonds. The van der Waals surface area contributed by atoms with Crippen molar-refractivity contribution in [3.05, 3.63) is 17.7 Å². The van der Waals surface area contributed by atoms with E-state index in [4.69, 9.17) is 25.8 Å². The van der Waals surface area contributed by atoms with Gasteiger partial charge in [0.15, 0.2) is 11.5 Å². The molecule has 0 unspecified atom stereocenters. The van der Waals surface area contributed by atoms with Crippen molar-refractivity contribution in [1.29, 1.82) is 0 Å². The zero-order chi connectivity index (χ0) is 19.0. The second kappa shape index (κ2) is 9.36. The van der Waals surface area contributed by atoms with Crippen molar-refractivity contribution in [1.82, 2.24) is 10.6 Å². The summed E-state index contributed by atoms with van der Waals surface area (Å²) in [7, 11) is 4.45. The highest BCUT2D eigenvalue weighted by atomic mass is 35.5. The molecule has 0 saturated carbocycles. The Kier molecular flexibility index (Phi) is 7.83. The van der Waals surface area contributed by atoms with Gasteiger partial charge in [-0.25, -0.2) is 0 Å². The van der Waals surface area contributed by atoms with Gasteiger partial charge in [0.2, 0.25) is 11.7 Å². The molecule has 0 aliphatic carbocycles. The molecule has 8 heteroatoms. The topological polar surface area (TPSA) is 85.9 Å². The van der Waals surface area contributed by atoms with Gasteiger partial charge < -0.3 is 24.8 Å². The van der Waals surface area contributed by atoms with Crippen LogP contribution in [0.3, 0.4) is 0 Å². The number of alkyl halides is 1. The fraction of sp³-hybridized carbons (Fsp3) is 0.529. The van der Waals surface area contributed by atoms with Crippen molar-refractivity contribution in [3.8, 4) is 17.2 Å². The minimum absolute atomic E-state index is 0.162. The van der Waals surface area contributed by atoms with E-state index in [1.54, 1.807) is 26.0 Å². The van der Waals surface area contributed by atoms with E-state index in [2.05, 4.69) is 10.6 Å². The molecule has 0 aliphatic rings. The Hall–Kier alpha value is -2.15. The van der Waals surface area contributed by atoms with Gasteiger partial charge in [-0.05, 0) is 26.0 Å². The SMILES string of the molecule is COc1cc(C(=O)NCCNC(=O)C(C)(C)CCl)cc(OC)c1OC. The molecular formula is C17H25ClN2O5. The van der Waals surface area contributed by atoms with Crippen molar-refractivity contribution >= 4 is 23.4 Å². The van der Waals surface area contributed by atoms with E-state index in [-0.39, 0.29) is 24.2 Å². The van der Waals surface area contributed by atoms with E-state index >= 15 is 0 Å². The molecule has 0 fully saturated rings. The van der Waals surface area contributed by atoms with Crippen LogP contribution in [0.1, 0.15) is 24.2 Å². The minimum Gasteiger partial charge on any atom is -0.493 e. The van der Waals surface area contributed by atoms with E-state index in [0.29, 0.717) is 29.4 Å². The second-order valence-corrected chi connectivity index (χ2v) is 6.21. The van der Waals surface area contributed by atoms with Gasteiger partial charge in [-0.2, -0.15) is 0 Å². The van der Waals surface area contributed by atoms with Gasteiger partial charge in [0.1, 0.15) is 0 Å². The molecule has 0 atom stereocenters. The first kappa shape index (κ1) is 20.9. The smallest absolute Gasteiger partial charge is 0.251 e. The van der Waals surface area contributed by atoms with Gasteiger partial charge >= 0.3 is 0 Å². The van der Waals surface area contributed by atoms with E-state index < -0.39 is 5.41 Å². The molecule has 140 valence electrons. The van der Waals surface area contributed by atoms with Gasteiger partial charge in [0.25, 0.3) is 5.91 Å². The first-order valence-corrected chi connectivity index (χ1v) is 8.26. The molecule has 1 aromatic rings. The Morgan fingerprint density at radius 3 is 1.96 bits per heavy atom. The number of halogens is 1. The molecule has 2 N–H and O–H groups in total. The maximum Gasteiger partial charge on any atom is 0.251 e. The molecule has 1 rings (SSSR count). The van der Waals surface area contributed by atoms with Crippen LogP contribution < -0.4 is 24.8 Å². The van der Waals surface area contributed by atoms with Gasteiger partial charge in [0.05, 0.1) is 26.7 Å². The van der Waals surface area contributed by atoms with Gasteiger partial charge in [0, 0.05) is 24.5 Å². The Morgan fingerprint density at radius 2 is 1.52 bits per heavy atom. The lowest BCUT2D eigenvalue weighted by Gasteiger charge is -2.20.